The molecule has 0 atom stereocenters. The lowest BCUT2D eigenvalue weighted by Crippen LogP contribution is -2.56. The molecule has 5 nitrogen and oxygen atoms in total. The van der Waals surface area contributed by atoms with Crippen LogP contribution in [0.1, 0.15) is 41.5 Å². The Morgan fingerprint density at radius 1 is 1.11 bits per heavy atom. The molecule has 0 fully saturated rings. The van der Waals surface area contributed by atoms with Crippen molar-refractivity contribution in [2.45, 2.75) is 58.2 Å². The predicted molar refractivity (Wildman–Crippen MR) is 78.0 cm³/mol. The molecule has 0 bridgehead atoms. The van der Waals surface area contributed by atoms with Crippen molar-refractivity contribution in [2.24, 2.45) is 0 Å². The standard InChI is InChI=1S/C12H24BNO4Si/c1-8(2)19(9(3)4,10(5)6)12-14-7-11(17-12)18-13(15)16/h7-10,15-16H,1-6H3. The smallest absolute Gasteiger partial charge is 0.483 e. The highest BCUT2D eigenvalue weighted by Crippen LogP contribution is 2.41. The zero-order valence-corrected chi connectivity index (χ0v) is 13.5. The van der Waals surface area contributed by atoms with Gasteiger partial charge in [0.2, 0.25) is 0 Å². The van der Waals surface area contributed by atoms with Gasteiger partial charge in [-0.15, -0.1) is 0 Å². The van der Waals surface area contributed by atoms with Crippen LogP contribution in [-0.4, -0.2) is 30.4 Å². The van der Waals surface area contributed by atoms with E-state index in [-0.39, 0.29) is 5.95 Å². The summed E-state index contributed by atoms with van der Waals surface area (Å²) in [6, 6.07) is 0. The van der Waals surface area contributed by atoms with Gasteiger partial charge in [0, 0.05) is 0 Å². The van der Waals surface area contributed by atoms with E-state index in [1.807, 2.05) is 0 Å². The summed E-state index contributed by atoms with van der Waals surface area (Å²) >= 11 is 0. The van der Waals surface area contributed by atoms with Crippen LogP contribution in [-0.2, 0) is 0 Å². The van der Waals surface area contributed by atoms with Gasteiger partial charge in [0.1, 0.15) is 6.20 Å². The second-order valence-corrected chi connectivity index (χ2v) is 11.6. The molecule has 1 aromatic rings. The van der Waals surface area contributed by atoms with Crippen LogP contribution < -0.4 is 10.2 Å². The van der Waals surface area contributed by atoms with Crippen molar-refractivity contribution in [1.29, 1.82) is 0 Å². The highest BCUT2D eigenvalue weighted by Gasteiger charge is 2.49. The molecule has 0 unspecified atom stereocenters. The highest BCUT2D eigenvalue weighted by molar-refractivity contribution is 6.93. The largest absolute Gasteiger partial charge is 0.709 e. The van der Waals surface area contributed by atoms with Crippen LogP contribution in [0.3, 0.4) is 0 Å². The molecule has 1 rings (SSSR count). The summed E-state index contributed by atoms with van der Waals surface area (Å²) in [6.45, 7) is 13.2. The first-order valence-corrected chi connectivity index (χ1v) is 8.95. The van der Waals surface area contributed by atoms with Gasteiger partial charge in [0.25, 0.3) is 5.95 Å². The van der Waals surface area contributed by atoms with Gasteiger partial charge in [-0.3, -0.25) is 0 Å². The molecule has 0 aromatic carbocycles. The van der Waals surface area contributed by atoms with Crippen LogP contribution in [0, 0.1) is 0 Å². The van der Waals surface area contributed by atoms with Crippen LogP contribution in [0.4, 0.5) is 0 Å². The lowest BCUT2D eigenvalue weighted by Gasteiger charge is -2.39. The molecule has 0 aliphatic heterocycles. The third-order valence-electron chi connectivity index (χ3n) is 3.94. The minimum absolute atomic E-state index is 0.0591. The van der Waals surface area contributed by atoms with Gasteiger partial charge in [0.05, 0.1) is 0 Å². The van der Waals surface area contributed by atoms with Gasteiger partial charge >= 0.3 is 7.32 Å². The quantitative estimate of drug-likeness (QED) is 0.781. The van der Waals surface area contributed by atoms with Gasteiger partial charge in [-0.1, -0.05) is 41.5 Å². The van der Waals surface area contributed by atoms with Crippen molar-refractivity contribution >= 4 is 20.9 Å². The summed E-state index contributed by atoms with van der Waals surface area (Å²) in [7, 11) is -3.84. The second kappa shape index (κ2) is 6.11. The van der Waals surface area contributed by atoms with Crippen LogP contribution in [0.25, 0.3) is 0 Å². The average molecular weight is 285 g/mol. The van der Waals surface area contributed by atoms with E-state index in [4.69, 9.17) is 19.1 Å². The molecule has 0 saturated heterocycles. The molecule has 0 spiro atoms. The monoisotopic (exact) mass is 285 g/mol. The van der Waals surface area contributed by atoms with E-state index in [0.717, 1.165) is 5.51 Å². The SMILES string of the molecule is CC(C)[Si](c1ncc(OB(O)O)o1)(C(C)C)C(C)C. The summed E-state index contributed by atoms with van der Waals surface area (Å²) in [6.07, 6.45) is 1.42. The van der Waals surface area contributed by atoms with Crippen LogP contribution in [0.5, 0.6) is 5.95 Å². The molecule has 108 valence electrons. The Kier molecular flexibility index (Phi) is 5.23. The fourth-order valence-electron chi connectivity index (χ4n) is 3.36. The number of rotatable bonds is 6. The van der Waals surface area contributed by atoms with Crippen molar-refractivity contribution < 1.29 is 19.1 Å². The highest BCUT2D eigenvalue weighted by atomic mass is 28.3. The number of hydrogen-bond acceptors (Lipinski definition) is 5. The van der Waals surface area contributed by atoms with E-state index < -0.39 is 15.4 Å². The summed E-state index contributed by atoms with van der Waals surface area (Å²) in [5.41, 5.74) is 2.14. The van der Waals surface area contributed by atoms with E-state index >= 15 is 0 Å². The third kappa shape index (κ3) is 3.04. The molecule has 2 N–H and O–H groups in total. The molecule has 0 aliphatic carbocycles. The van der Waals surface area contributed by atoms with Crippen molar-refractivity contribution in [3.05, 3.63) is 6.20 Å². The molecule has 0 saturated carbocycles. The molecule has 19 heavy (non-hydrogen) atoms. The van der Waals surface area contributed by atoms with Crippen molar-refractivity contribution in [2.75, 3.05) is 0 Å². The molecule has 1 heterocycles. The Labute approximate surface area is 116 Å². The Bertz CT molecular complexity index is 384. The normalized spacial score (nSPS) is 12.6. The van der Waals surface area contributed by atoms with Gasteiger partial charge in [-0.25, -0.2) is 4.98 Å². The Morgan fingerprint density at radius 2 is 1.58 bits per heavy atom. The lowest BCUT2D eigenvalue weighted by molar-refractivity contribution is 0.255. The van der Waals surface area contributed by atoms with E-state index in [2.05, 4.69) is 46.5 Å². The molecule has 0 amide bonds. The van der Waals surface area contributed by atoms with Gasteiger partial charge < -0.3 is 19.1 Å². The van der Waals surface area contributed by atoms with Crippen LogP contribution in [0.15, 0.2) is 10.6 Å². The average Bonchev–Trinajstić information content (AvgIpc) is 2.64. The second-order valence-electron chi connectivity index (χ2n) is 5.83. The van der Waals surface area contributed by atoms with E-state index in [9.17, 15) is 0 Å². The van der Waals surface area contributed by atoms with Crippen molar-refractivity contribution in [3.8, 4) is 5.95 Å². The van der Waals surface area contributed by atoms with Gasteiger partial charge in [-0.2, -0.15) is 0 Å². The molecule has 0 radical (unpaired) electrons. The van der Waals surface area contributed by atoms with Crippen LogP contribution in [0.2, 0.25) is 16.6 Å². The number of hydrogen-bond donors (Lipinski definition) is 2. The zero-order chi connectivity index (χ0) is 14.8. The predicted octanol–water partition coefficient (Wildman–Crippen LogP) is 1.91. The van der Waals surface area contributed by atoms with Crippen molar-refractivity contribution in [3.63, 3.8) is 0 Å². The summed E-state index contributed by atoms with van der Waals surface area (Å²) < 4.78 is 10.4. The fourth-order valence-corrected chi connectivity index (χ4v) is 9.41. The molecular weight excluding hydrogens is 261 g/mol. The lowest BCUT2D eigenvalue weighted by atomic mass is 10.3. The first-order chi connectivity index (χ1) is 8.72. The zero-order valence-electron chi connectivity index (χ0n) is 12.5. The summed E-state index contributed by atoms with van der Waals surface area (Å²) in [4.78, 5) is 4.35. The van der Waals surface area contributed by atoms with Crippen LogP contribution >= 0.6 is 0 Å². The van der Waals surface area contributed by atoms with Gasteiger partial charge in [0.15, 0.2) is 13.6 Å². The fraction of sp³-hybridized carbons (Fsp3) is 0.750. The molecule has 0 aliphatic rings. The molecule has 1 aromatic heterocycles. The first-order valence-electron chi connectivity index (χ1n) is 6.72. The maximum absolute atomic E-state index is 8.80. The summed E-state index contributed by atoms with van der Waals surface area (Å²) in [5.74, 6) is 0.0591. The Hall–Kier alpha value is -0.788. The van der Waals surface area contributed by atoms with E-state index in [1.165, 1.54) is 6.20 Å². The number of nitrogens with zero attached hydrogens (tertiary/aromatic N) is 1. The van der Waals surface area contributed by atoms with E-state index in [1.54, 1.807) is 0 Å². The Morgan fingerprint density at radius 3 is 1.95 bits per heavy atom. The number of oxazole rings is 1. The minimum Gasteiger partial charge on any atom is -0.483 e. The topological polar surface area (TPSA) is 75.7 Å². The first kappa shape index (κ1) is 16.3. The maximum Gasteiger partial charge on any atom is 0.709 e. The number of aromatic nitrogens is 1. The van der Waals surface area contributed by atoms with E-state index in [0.29, 0.717) is 16.6 Å². The molecular formula is C12H24BNO4Si. The maximum atomic E-state index is 8.80. The molecule has 7 heteroatoms. The van der Waals surface area contributed by atoms with Gasteiger partial charge in [-0.05, 0) is 16.6 Å². The Balaban J connectivity index is 3.22. The summed E-state index contributed by atoms with van der Waals surface area (Å²) in [5, 5.41) is 17.6. The van der Waals surface area contributed by atoms with Crippen molar-refractivity contribution in [1.82, 2.24) is 4.98 Å². The third-order valence-corrected chi connectivity index (χ3v) is 10.6. The minimum atomic E-state index is -1.95.